The minimum absolute atomic E-state index is 0.340. The molecular formula is C12H20N4O3. The molecule has 106 valence electrons. The zero-order chi connectivity index (χ0) is 14.6. The van der Waals surface area contributed by atoms with Crippen LogP contribution in [0.1, 0.15) is 25.1 Å². The molecule has 0 aliphatic heterocycles. The van der Waals surface area contributed by atoms with Crippen molar-refractivity contribution in [3.8, 4) is 0 Å². The average Bonchev–Trinajstić information content (AvgIpc) is 2.74. The van der Waals surface area contributed by atoms with Crippen molar-refractivity contribution in [2.45, 2.75) is 32.9 Å². The number of carboxylic acids is 1. The molecule has 7 nitrogen and oxygen atoms in total. The summed E-state index contributed by atoms with van der Waals surface area (Å²) in [6.45, 7) is 3.79. The van der Waals surface area contributed by atoms with Gasteiger partial charge in [0.1, 0.15) is 6.04 Å². The number of nitrogens with zero attached hydrogens (tertiary/aromatic N) is 3. The lowest BCUT2D eigenvalue weighted by molar-refractivity contribution is -0.141. The quantitative estimate of drug-likeness (QED) is 0.818. The zero-order valence-corrected chi connectivity index (χ0v) is 11.7. The summed E-state index contributed by atoms with van der Waals surface area (Å²) in [5.74, 6) is -1.03. The first-order valence-corrected chi connectivity index (χ1v) is 6.11. The van der Waals surface area contributed by atoms with Crippen molar-refractivity contribution in [2.75, 3.05) is 7.05 Å². The molecule has 0 spiro atoms. The maximum atomic E-state index is 11.8. The number of urea groups is 1. The van der Waals surface area contributed by atoms with E-state index in [0.29, 0.717) is 6.54 Å². The second kappa shape index (κ2) is 6.21. The average molecular weight is 268 g/mol. The molecule has 1 rings (SSSR count). The lowest BCUT2D eigenvalue weighted by Gasteiger charge is -2.21. The number of amides is 2. The monoisotopic (exact) mass is 268 g/mol. The van der Waals surface area contributed by atoms with E-state index in [2.05, 4.69) is 10.4 Å². The molecule has 0 saturated carbocycles. The Morgan fingerprint density at radius 1 is 1.58 bits per heavy atom. The van der Waals surface area contributed by atoms with Gasteiger partial charge in [-0.05, 0) is 13.3 Å². The Labute approximate surface area is 112 Å². The second-order valence-electron chi connectivity index (χ2n) is 4.41. The summed E-state index contributed by atoms with van der Waals surface area (Å²) < 4.78 is 1.70. The van der Waals surface area contributed by atoms with Gasteiger partial charge >= 0.3 is 12.0 Å². The Hall–Kier alpha value is -2.05. The highest BCUT2D eigenvalue weighted by Crippen LogP contribution is 2.07. The van der Waals surface area contributed by atoms with Crippen molar-refractivity contribution in [3.05, 3.63) is 17.5 Å². The van der Waals surface area contributed by atoms with Gasteiger partial charge in [0.05, 0.1) is 5.69 Å². The lowest BCUT2D eigenvalue weighted by atomic mass is 10.2. The maximum absolute atomic E-state index is 11.8. The van der Waals surface area contributed by atoms with E-state index in [4.69, 9.17) is 5.11 Å². The molecule has 1 atom stereocenters. The number of carbonyl (C=O) groups is 2. The predicted molar refractivity (Wildman–Crippen MR) is 69.7 cm³/mol. The number of likely N-dealkylation sites (N-methyl/N-ethyl adjacent to an activating group) is 1. The summed E-state index contributed by atoms with van der Waals surface area (Å²) >= 11 is 0. The van der Waals surface area contributed by atoms with Gasteiger partial charge in [0.25, 0.3) is 0 Å². The Morgan fingerprint density at radius 3 is 2.74 bits per heavy atom. The highest BCUT2D eigenvalue weighted by molar-refractivity contribution is 5.82. The smallest absolute Gasteiger partial charge is 0.326 e. The first-order valence-electron chi connectivity index (χ1n) is 6.11. The number of carboxylic acid groups (broad SMARTS) is 1. The van der Waals surface area contributed by atoms with Crippen LogP contribution in [0.5, 0.6) is 0 Å². The molecule has 0 aromatic carbocycles. The molecule has 0 saturated heterocycles. The molecule has 0 aliphatic rings. The molecule has 0 aliphatic carbocycles. The SMILES string of the molecule is CCc1nn(C)cc1CNC(=O)N(C)C(C)C(=O)O. The van der Waals surface area contributed by atoms with Gasteiger partial charge < -0.3 is 15.3 Å². The van der Waals surface area contributed by atoms with Gasteiger partial charge in [-0.25, -0.2) is 9.59 Å². The van der Waals surface area contributed by atoms with Gasteiger partial charge in [-0.3, -0.25) is 4.68 Å². The normalized spacial score (nSPS) is 12.0. The minimum Gasteiger partial charge on any atom is -0.480 e. The molecule has 0 radical (unpaired) electrons. The van der Waals surface area contributed by atoms with Crippen LogP contribution in [0.4, 0.5) is 4.79 Å². The molecule has 0 fully saturated rings. The van der Waals surface area contributed by atoms with E-state index in [1.54, 1.807) is 4.68 Å². The zero-order valence-electron chi connectivity index (χ0n) is 11.7. The molecule has 1 aromatic rings. The summed E-state index contributed by atoms with van der Waals surface area (Å²) in [6.07, 6.45) is 2.63. The van der Waals surface area contributed by atoms with Crippen molar-refractivity contribution < 1.29 is 14.7 Å². The lowest BCUT2D eigenvalue weighted by Crippen LogP contribution is -2.45. The Bertz CT molecular complexity index is 470. The third-order valence-corrected chi connectivity index (χ3v) is 3.02. The van der Waals surface area contributed by atoms with Crippen molar-refractivity contribution in [1.29, 1.82) is 0 Å². The standard InChI is InChI=1S/C12H20N4O3/c1-5-10-9(7-15(3)14-10)6-13-12(19)16(4)8(2)11(17)18/h7-8H,5-6H2,1-4H3,(H,13,19)(H,17,18). The van der Waals surface area contributed by atoms with Crippen molar-refractivity contribution in [2.24, 2.45) is 7.05 Å². The van der Waals surface area contributed by atoms with Crippen molar-refractivity contribution >= 4 is 12.0 Å². The van der Waals surface area contributed by atoms with Crippen LogP contribution in [0.15, 0.2) is 6.20 Å². The van der Waals surface area contributed by atoms with Gasteiger partial charge in [-0.15, -0.1) is 0 Å². The number of rotatable bonds is 5. The third kappa shape index (κ3) is 3.70. The largest absolute Gasteiger partial charge is 0.480 e. The Balaban J connectivity index is 2.61. The number of aryl methyl sites for hydroxylation is 2. The van der Waals surface area contributed by atoms with Crippen LogP contribution in [-0.2, 0) is 24.8 Å². The van der Waals surface area contributed by atoms with Gasteiger partial charge in [0.2, 0.25) is 0 Å². The molecule has 0 bridgehead atoms. The number of hydrogen-bond donors (Lipinski definition) is 2. The van der Waals surface area contributed by atoms with E-state index in [1.807, 2.05) is 20.2 Å². The molecule has 2 N–H and O–H groups in total. The fourth-order valence-corrected chi connectivity index (χ4v) is 1.67. The second-order valence-corrected chi connectivity index (χ2v) is 4.41. The number of aromatic nitrogens is 2. The summed E-state index contributed by atoms with van der Waals surface area (Å²) in [7, 11) is 3.28. The fourth-order valence-electron chi connectivity index (χ4n) is 1.67. The van der Waals surface area contributed by atoms with E-state index in [-0.39, 0.29) is 0 Å². The molecule has 1 heterocycles. The van der Waals surface area contributed by atoms with Gasteiger partial charge in [-0.1, -0.05) is 6.92 Å². The summed E-state index contributed by atoms with van der Waals surface area (Å²) in [5.41, 5.74) is 1.87. The van der Waals surface area contributed by atoms with Crippen LogP contribution in [0, 0.1) is 0 Å². The highest BCUT2D eigenvalue weighted by atomic mass is 16.4. The Kier molecular flexibility index (Phi) is 4.91. The summed E-state index contributed by atoms with van der Waals surface area (Å²) in [4.78, 5) is 23.7. The van der Waals surface area contributed by atoms with E-state index >= 15 is 0 Å². The van der Waals surface area contributed by atoms with Gasteiger partial charge in [-0.2, -0.15) is 5.10 Å². The molecule has 1 unspecified atom stereocenters. The third-order valence-electron chi connectivity index (χ3n) is 3.02. The number of carbonyl (C=O) groups excluding carboxylic acids is 1. The number of aliphatic carboxylic acids is 1. The van der Waals surface area contributed by atoms with E-state index in [9.17, 15) is 9.59 Å². The van der Waals surface area contributed by atoms with E-state index in [1.165, 1.54) is 14.0 Å². The predicted octanol–water partition coefficient (Wildman–Crippen LogP) is 0.597. The van der Waals surface area contributed by atoms with Crippen molar-refractivity contribution in [1.82, 2.24) is 20.0 Å². The first kappa shape index (κ1) is 15.0. The van der Waals surface area contributed by atoms with Crippen LogP contribution in [-0.4, -0.2) is 44.9 Å². The summed E-state index contributed by atoms with van der Waals surface area (Å²) in [6, 6.07) is -1.28. The summed E-state index contributed by atoms with van der Waals surface area (Å²) in [5, 5.41) is 15.8. The molecular weight excluding hydrogens is 248 g/mol. The molecule has 1 aromatic heterocycles. The topological polar surface area (TPSA) is 87.5 Å². The number of nitrogens with one attached hydrogen (secondary N) is 1. The van der Waals surface area contributed by atoms with E-state index < -0.39 is 18.0 Å². The van der Waals surface area contributed by atoms with Crippen molar-refractivity contribution in [3.63, 3.8) is 0 Å². The van der Waals surface area contributed by atoms with Crippen LogP contribution in [0.2, 0.25) is 0 Å². The van der Waals surface area contributed by atoms with Gasteiger partial charge in [0.15, 0.2) is 0 Å². The van der Waals surface area contributed by atoms with Crippen LogP contribution in [0.25, 0.3) is 0 Å². The maximum Gasteiger partial charge on any atom is 0.326 e. The minimum atomic E-state index is -1.03. The highest BCUT2D eigenvalue weighted by Gasteiger charge is 2.21. The fraction of sp³-hybridized carbons (Fsp3) is 0.583. The molecule has 2 amide bonds. The van der Waals surface area contributed by atoms with Crippen LogP contribution in [0.3, 0.4) is 0 Å². The molecule has 7 heteroatoms. The number of hydrogen-bond acceptors (Lipinski definition) is 3. The van der Waals surface area contributed by atoms with Gasteiger partial charge in [0, 0.05) is 32.4 Å². The first-order chi connectivity index (χ1) is 8.86. The Morgan fingerprint density at radius 2 is 2.21 bits per heavy atom. The van der Waals surface area contributed by atoms with Crippen LogP contribution >= 0.6 is 0 Å². The molecule has 19 heavy (non-hydrogen) atoms. The van der Waals surface area contributed by atoms with Crippen LogP contribution < -0.4 is 5.32 Å². The van der Waals surface area contributed by atoms with E-state index in [0.717, 1.165) is 22.6 Å².